The predicted molar refractivity (Wildman–Crippen MR) is 196 cm³/mol. The number of alkyl halides is 3. The Morgan fingerprint density at radius 3 is 2.20 bits per heavy atom. The molecule has 0 unspecified atom stereocenters. The lowest BCUT2D eigenvalue weighted by Crippen LogP contribution is -2.56. The van der Waals surface area contributed by atoms with Gasteiger partial charge < -0.3 is 19.4 Å². The van der Waals surface area contributed by atoms with Crippen molar-refractivity contribution in [1.82, 2.24) is 9.80 Å². The van der Waals surface area contributed by atoms with Crippen LogP contribution >= 0.6 is 0 Å². The number of carbonyl (C=O) groups is 2. The molecule has 1 saturated heterocycles. The minimum atomic E-state index is -4.58. The molecule has 9 heteroatoms. The molecule has 0 bridgehead atoms. The van der Waals surface area contributed by atoms with Crippen molar-refractivity contribution in [2.24, 2.45) is 0 Å². The largest absolute Gasteiger partial charge is 0.497 e. The summed E-state index contributed by atoms with van der Waals surface area (Å²) in [5, 5.41) is 0. The smallest absolute Gasteiger partial charge is 0.416 e. The van der Waals surface area contributed by atoms with Gasteiger partial charge in [-0.25, -0.2) is 0 Å². The van der Waals surface area contributed by atoms with Gasteiger partial charge in [-0.15, -0.1) is 0 Å². The fourth-order valence-corrected chi connectivity index (χ4v) is 6.46. The molecule has 0 N–H and O–H groups in total. The average Bonchev–Trinajstić information content (AvgIpc) is 3.16. The fraction of sp³-hybridized carbons (Fsp3) is 0.333. The molecule has 1 aliphatic heterocycles. The van der Waals surface area contributed by atoms with Crippen LogP contribution in [0, 0.1) is 0 Å². The van der Waals surface area contributed by atoms with E-state index in [1.165, 1.54) is 34.7 Å². The van der Waals surface area contributed by atoms with Crippen molar-refractivity contribution in [3.05, 3.63) is 137 Å². The van der Waals surface area contributed by atoms with Gasteiger partial charge in [-0.3, -0.25) is 9.59 Å². The lowest BCUT2D eigenvalue weighted by Gasteiger charge is -2.40. The summed E-state index contributed by atoms with van der Waals surface area (Å²) in [5.74, 6) is 0.0176. The number of carbonyl (C=O) groups excluding carboxylic acids is 2. The highest BCUT2D eigenvalue weighted by atomic mass is 19.4. The number of piperazine rings is 1. The Morgan fingerprint density at radius 1 is 0.824 bits per heavy atom. The molecule has 4 aromatic carbocycles. The number of nitrogens with zero attached hydrogens (tertiary/aromatic N) is 3. The number of rotatable bonds is 14. The minimum absolute atomic E-state index is 0.116. The predicted octanol–water partition coefficient (Wildman–Crippen LogP) is 8.45. The Morgan fingerprint density at radius 2 is 1.51 bits per heavy atom. The van der Waals surface area contributed by atoms with Crippen LogP contribution in [0.15, 0.2) is 109 Å². The van der Waals surface area contributed by atoms with E-state index >= 15 is 0 Å². The number of unbranched alkanes of at least 4 members (excludes halogenated alkanes) is 2. The number of hydrogen-bond acceptors (Lipinski definition) is 4. The minimum Gasteiger partial charge on any atom is -0.497 e. The molecule has 0 aliphatic carbocycles. The summed E-state index contributed by atoms with van der Waals surface area (Å²) in [7, 11) is 1.63. The number of halogens is 3. The normalized spacial score (nSPS) is 14.1. The van der Waals surface area contributed by atoms with Crippen molar-refractivity contribution < 1.29 is 27.5 Å². The molecule has 268 valence electrons. The van der Waals surface area contributed by atoms with Crippen molar-refractivity contribution >= 4 is 23.6 Å². The third kappa shape index (κ3) is 10.2. The van der Waals surface area contributed by atoms with Crippen LogP contribution in [0.5, 0.6) is 5.75 Å². The molecule has 5 rings (SSSR count). The van der Waals surface area contributed by atoms with Crippen LogP contribution in [-0.4, -0.2) is 60.9 Å². The maximum Gasteiger partial charge on any atom is 0.416 e. The van der Waals surface area contributed by atoms with E-state index in [1.54, 1.807) is 12.0 Å². The van der Waals surface area contributed by atoms with Gasteiger partial charge in [0.05, 0.1) is 12.7 Å². The Kier molecular flexibility index (Phi) is 12.9. The highest BCUT2D eigenvalue weighted by Crippen LogP contribution is 2.32. The number of aryl methyl sites for hydroxylation is 1. The van der Waals surface area contributed by atoms with E-state index in [0.29, 0.717) is 26.2 Å². The Hall–Kier alpha value is -5.05. The molecule has 4 aromatic rings. The molecule has 0 saturated carbocycles. The summed E-state index contributed by atoms with van der Waals surface area (Å²) in [6, 6.07) is 29.6. The molecule has 0 aromatic heterocycles. The Labute approximate surface area is 299 Å². The summed E-state index contributed by atoms with van der Waals surface area (Å²) in [5.41, 5.74) is 2.96. The first-order valence-corrected chi connectivity index (χ1v) is 17.6. The van der Waals surface area contributed by atoms with E-state index in [2.05, 4.69) is 24.0 Å². The molecule has 1 atom stereocenters. The average molecular weight is 698 g/mol. The van der Waals surface area contributed by atoms with Crippen LogP contribution in [0.3, 0.4) is 0 Å². The zero-order chi connectivity index (χ0) is 36.2. The zero-order valence-corrected chi connectivity index (χ0v) is 29.3. The number of anilines is 1. The van der Waals surface area contributed by atoms with Gasteiger partial charge in [0.1, 0.15) is 11.8 Å². The van der Waals surface area contributed by atoms with Crippen LogP contribution in [-0.2, 0) is 35.2 Å². The van der Waals surface area contributed by atoms with Gasteiger partial charge in [0.25, 0.3) is 0 Å². The van der Waals surface area contributed by atoms with Crippen molar-refractivity contribution in [3.8, 4) is 5.75 Å². The number of ether oxygens (including phenoxy) is 1. The number of methoxy groups -OCH3 is 1. The van der Waals surface area contributed by atoms with Gasteiger partial charge in [0, 0.05) is 57.0 Å². The molecule has 6 nitrogen and oxygen atoms in total. The van der Waals surface area contributed by atoms with Gasteiger partial charge in [-0.1, -0.05) is 98.6 Å². The molecular formula is C42H46F3N3O3. The lowest BCUT2D eigenvalue weighted by atomic mass is 10.0. The van der Waals surface area contributed by atoms with E-state index in [-0.39, 0.29) is 24.4 Å². The Balaban J connectivity index is 1.45. The molecule has 0 spiro atoms. The highest BCUT2D eigenvalue weighted by Gasteiger charge is 2.35. The molecule has 1 heterocycles. The van der Waals surface area contributed by atoms with Crippen LogP contribution in [0.4, 0.5) is 18.9 Å². The second-order valence-corrected chi connectivity index (χ2v) is 12.9. The third-order valence-corrected chi connectivity index (χ3v) is 9.34. The topological polar surface area (TPSA) is 53.1 Å². The van der Waals surface area contributed by atoms with E-state index in [1.807, 2.05) is 66.7 Å². The lowest BCUT2D eigenvalue weighted by molar-refractivity contribution is -0.144. The van der Waals surface area contributed by atoms with Gasteiger partial charge in [-0.05, 0) is 59.4 Å². The Bertz CT molecular complexity index is 1750. The first-order valence-electron chi connectivity index (χ1n) is 17.6. The van der Waals surface area contributed by atoms with Crippen molar-refractivity contribution in [3.63, 3.8) is 0 Å². The SMILES string of the molecule is CCCCCc1ccc(CN(C(=O)/C=C/c2ccccc2C(F)(F)F)[C@@H](Cc2ccccc2)C(=O)N2CCN(c3cccc(OC)c3)CC2)cc1. The third-order valence-electron chi connectivity index (χ3n) is 9.34. The van der Waals surface area contributed by atoms with E-state index in [9.17, 15) is 22.8 Å². The first kappa shape index (κ1) is 37.2. The summed E-state index contributed by atoms with van der Waals surface area (Å²) >= 11 is 0. The molecule has 51 heavy (non-hydrogen) atoms. The summed E-state index contributed by atoms with van der Waals surface area (Å²) < 4.78 is 46.8. The quantitative estimate of drug-likeness (QED) is 0.0981. The van der Waals surface area contributed by atoms with E-state index < -0.39 is 23.7 Å². The van der Waals surface area contributed by atoms with Gasteiger partial charge in [0.2, 0.25) is 11.8 Å². The van der Waals surface area contributed by atoms with Crippen LogP contribution in [0.2, 0.25) is 0 Å². The zero-order valence-electron chi connectivity index (χ0n) is 29.3. The first-order chi connectivity index (χ1) is 24.7. The molecule has 1 aliphatic rings. The molecule has 1 fully saturated rings. The second-order valence-electron chi connectivity index (χ2n) is 12.9. The summed E-state index contributed by atoms with van der Waals surface area (Å²) in [6.07, 6.45) is 2.35. The number of amides is 2. The monoisotopic (exact) mass is 697 g/mol. The van der Waals surface area contributed by atoms with Crippen LogP contribution in [0.1, 0.15) is 54.0 Å². The second kappa shape index (κ2) is 17.7. The van der Waals surface area contributed by atoms with Crippen molar-refractivity contribution in [2.75, 3.05) is 38.2 Å². The molecule has 2 amide bonds. The number of benzene rings is 4. The maximum absolute atomic E-state index is 14.6. The standard InChI is InChI=1S/C42H46F3N3O3/c1-3-4-6-12-32-19-21-34(22-20-32)31-48(40(49)24-23-35-15-9-10-18-38(35)42(43,44)45)39(29-33-13-7-5-8-14-33)41(50)47-27-25-46(26-28-47)36-16-11-17-37(30-36)51-2/h5,7-11,13-24,30,39H,3-4,6,12,25-29,31H2,1-2H3/b24-23+/t39-/m0/s1. The van der Waals surface area contributed by atoms with Crippen molar-refractivity contribution in [2.45, 2.75) is 57.8 Å². The van der Waals surface area contributed by atoms with Gasteiger partial charge in [0.15, 0.2) is 0 Å². The van der Waals surface area contributed by atoms with E-state index in [4.69, 9.17) is 4.74 Å². The summed E-state index contributed by atoms with van der Waals surface area (Å²) in [6.45, 7) is 4.37. The van der Waals surface area contributed by atoms with Crippen LogP contribution < -0.4 is 9.64 Å². The fourth-order valence-electron chi connectivity index (χ4n) is 6.46. The van der Waals surface area contributed by atoms with Crippen molar-refractivity contribution in [1.29, 1.82) is 0 Å². The van der Waals surface area contributed by atoms with Gasteiger partial charge in [-0.2, -0.15) is 13.2 Å². The molecule has 0 radical (unpaired) electrons. The highest BCUT2D eigenvalue weighted by molar-refractivity contribution is 5.96. The van der Waals surface area contributed by atoms with Gasteiger partial charge >= 0.3 is 6.18 Å². The maximum atomic E-state index is 14.6. The van der Waals surface area contributed by atoms with Crippen LogP contribution in [0.25, 0.3) is 6.08 Å². The molecular weight excluding hydrogens is 651 g/mol. The summed E-state index contributed by atoms with van der Waals surface area (Å²) in [4.78, 5) is 34.3. The number of hydrogen-bond donors (Lipinski definition) is 0. The van der Waals surface area contributed by atoms with E-state index in [0.717, 1.165) is 60.4 Å².